The van der Waals surface area contributed by atoms with Gasteiger partial charge in [0, 0.05) is 29.3 Å². The highest BCUT2D eigenvalue weighted by Crippen LogP contribution is 2.38. The largest absolute Gasteiger partial charge is 0.372 e. The second-order valence-corrected chi connectivity index (χ2v) is 7.86. The van der Waals surface area contributed by atoms with Crippen LogP contribution in [-0.2, 0) is 0 Å². The third-order valence-electron chi connectivity index (χ3n) is 4.74. The van der Waals surface area contributed by atoms with Crippen LogP contribution in [0.15, 0.2) is 22.7 Å². The molecule has 1 saturated carbocycles. The van der Waals surface area contributed by atoms with E-state index in [1.165, 1.54) is 36.9 Å². The van der Waals surface area contributed by atoms with Crippen molar-refractivity contribution in [3.05, 3.63) is 28.2 Å². The second-order valence-electron chi connectivity index (χ2n) is 7.00. The standard InChI is InChI=1S/C17H27BrN2/c1-12(19)15-6-5-14(11-16(15)18)20(4)13-7-9-17(2,3)10-8-13/h5-6,11-13H,7-10,19H2,1-4H3. The van der Waals surface area contributed by atoms with Crippen molar-refractivity contribution in [1.82, 2.24) is 0 Å². The molecule has 0 aliphatic heterocycles. The minimum Gasteiger partial charge on any atom is -0.372 e. The van der Waals surface area contributed by atoms with Gasteiger partial charge in [-0.15, -0.1) is 0 Å². The van der Waals surface area contributed by atoms with Crippen molar-refractivity contribution in [2.75, 3.05) is 11.9 Å². The summed E-state index contributed by atoms with van der Waals surface area (Å²) in [4.78, 5) is 2.44. The van der Waals surface area contributed by atoms with E-state index in [1.807, 2.05) is 6.92 Å². The Hall–Kier alpha value is -0.540. The van der Waals surface area contributed by atoms with Gasteiger partial charge in [0.1, 0.15) is 0 Å². The Bertz CT molecular complexity index is 458. The summed E-state index contributed by atoms with van der Waals surface area (Å²) in [6.45, 7) is 6.79. The maximum atomic E-state index is 5.97. The lowest BCUT2D eigenvalue weighted by atomic mass is 9.75. The van der Waals surface area contributed by atoms with Crippen LogP contribution in [0.4, 0.5) is 5.69 Å². The van der Waals surface area contributed by atoms with Gasteiger partial charge in [-0.3, -0.25) is 0 Å². The molecule has 20 heavy (non-hydrogen) atoms. The van der Waals surface area contributed by atoms with Gasteiger partial charge in [-0.2, -0.15) is 0 Å². The number of rotatable bonds is 3. The Labute approximate surface area is 131 Å². The summed E-state index contributed by atoms with van der Waals surface area (Å²) in [6, 6.07) is 7.28. The molecule has 0 radical (unpaired) electrons. The van der Waals surface area contributed by atoms with Gasteiger partial charge in [-0.1, -0.05) is 35.8 Å². The molecule has 1 aromatic rings. The smallest absolute Gasteiger partial charge is 0.0377 e. The molecule has 0 amide bonds. The maximum absolute atomic E-state index is 5.97. The molecular weight excluding hydrogens is 312 g/mol. The Morgan fingerprint density at radius 1 is 1.30 bits per heavy atom. The molecule has 1 unspecified atom stereocenters. The molecule has 1 atom stereocenters. The van der Waals surface area contributed by atoms with Crippen molar-refractivity contribution < 1.29 is 0 Å². The fraction of sp³-hybridized carbons (Fsp3) is 0.647. The first-order chi connectivity index (χ1) is 9.30. The Morgan fingerprint density at radius 2 is 1.90 bits per heavy atom. The van der Waals surface area contributed by atoms with Crippen LogP contribution in [0.1, 0.15) is 58.1 Å². The van der Waals surface area contributed by atoms with E-state index in [0.717, 1.165) is 4.47 Å². The first-order valence-electron chi connectivity index (χ1n) is 7.58. The second kappa shape index (κ2) is 6.07. The molecule has 0 spiro atoms. The van der Waals surface area contributed by atoms with Crippen molar-refractivity contribution in [3.63, 3.8) is 0 Å². The van der Waals surface area contributed by atoms with E-state index < -0.39 is 0 Å². The topological polar surface area (TPSA) is 29.3 Å². The van der Waals surface area contributed by atoms with E-state index in [9.17, 15) is 0 Å². The zero-order valence-electron chi connectivity index (χ0n) is 13.1. The normalized spacial score (nSPS) is 20.7. The number of nitrogens with two attached hydrogens (primary N) is 1. The molecule has 1 aliphatic carbocycles. The Balaban J connectivity index is 2.10. The van der Waals surface area contributed by atoms with Crippen LogP contribution < -0.4 is 10.6 Å². The van der Waals surface area contributed by atoms with E-state index in [4.69, 9.17) is 5.73 Å². The Morgan fingerprint density at radius 3 is 2.40 bits per heavy atom. The third kappa shape index (κ3) is 3.56. The molecular formula is C17H27BrN2. The molecule has 3 heteroatoms. The number of anilines is 1. The first-order valence-corrected chi connectivity index (χ1v) is 8.37. The van der Waals surface area contributed by atoms with Crippen LogP contribution in [0, 0.1) is 5.41 Å². The van der Waals surface area contributed by atoms with Gasteiger partial charge in [-0.05, 0) is 55.7 Å². The molecule has 1 fully saturated rings. The molecule has 0 saturated heterocycles. The van der Waals surface area contributed by atoms with Crippen molar-refractivity contribution in [1.29, 1.82) is 0 Å². The van der Waals surface area contributed by atoms with Crippen molar-refractivity contribution >= 4 is 21.6 Å². The van der Waals surface area contributed by atoms with Crippen LogP contribution in [0.5, 0.6) is 0 Å². The zero-order chi connectivity index (χ0) is 14.9. The fourth-order valence-electron chi connectivity index (χ4n) is 3.09. The summed E-state index contributed by atoms with van der Waals surface area (Å²) >= 11 is 3.65. The number of nitrogens with zero attached hydrogens (tertiary/aromatic N) is 1. The van der Waals surface area contributed by atoms with Crippen LogP contribution in [-0.4, -0.2) is 13.1 Å². The predicted octanol–water partition coefficient (Wildman–Crippen LogP) is 4.87. The number of halogens is 1. The first kappa shape index (κ1) is 15.8. The molecule has 2 nitrogen and oxygen atoms in total. The van der Waals surface area contributed by atoms with Crippen LogP contribution in [0.3, 0.4) is 0 Å². The minimum absolute atomic E-state index is 0.0687. The molecule has 0 aromatic heterocycles. The summed E-state index contributed by atoms with van der Waals surface area (Å²) in [5, 5.41) is 0. The van der Waals surface area contributed by atoms with Gasteiger partial charge in [0.25, 0.3) is 0 Å². The summed E-state index contributed by atoms with van der Waals surface area (Å²) in [7, 11) is 2.22. The van der Waals surface area contributed by atoms with Crippen LogP contribution >= 0.6 is 15.9 Å². The van der Waals surface area contributed by atoms with Crippen LogP contribution in [0.2, 0.25) is 0 Å². The highest BCUT2D eigenvalue weighted by atomic mass is 79.9. The molecule has 1 aliphatic rings. The van der Waals surface area contributed by atoms with Gasteiger partial charge in [-0.25, -0.2) is 0 Å². The molecule has 0 bridgehead atoms. The predicted molar refractivity (Wildman–Crippen MR) is 91.2 cm³/mol. The fourth-order valence-corrected chi connectivity index (χ4v) is 3.81. The van der Waals surface area contributed by atoms with E-state index in [-0.39, 0.29) is 6.04 Å². The number of hydrogen-bond donors (Lipinski definition) is 1. The van der Waals surface area contributed by atoms with Crippen molar-refractivity contribution in [3.8, 4) is 0 Å². The quantitative estimate of drug-likeness (QED) is 0.851. The van der Waals surface area contributed by atoms with E-state index >= 15 is 0 Å². The van der Waals surface area contributed by atoms with Gasteiger partial charge in [0.05, 0.1) is 0 Å². The van der Waals surface area contributed by atoms with Crippen molar-refractivity contribution in [2.24, 2.45) is 11.1 Å². The van der Waals surface area contributed by atoms with E-state index in [1.54, 1.807) is 0 Å². The third-order valence-corrected chi connectivity index (χ3v) is 5.43. The monoisotopic (exact) mass is 338 g/mol. The summed E-state index contributed by atoms with van der Waals surface area (Å²) < 4.78 is 1.12. The molecule has 1 aromatic carbocycles. The zero-order valence-corrected chi connectivity index (χ0v) is 14.7. The highest BCUT2D eigenvalue weighted by Gasteiger charge is 2.29. The SMILES string of the molecule is CC(N)c1ccc(N(C)C2CCC(C)(C)CC2)cc1Br. The lowest BCUT2D eigenvalue weighted by molar-refractivity contribution is 0.222. The number of hydrogen-bond acceptors (Lipinski definition) is 2. The average molecular weight is 339 g/mol. The lowest BCUT2D eigenvalue weighted by Crippen LogP contribution is -2.37. The molecule has 2 N–H and O–H groups in total. The van der Waals surface area contributed by atoms with Crippen LogP contribution in [0.25, 0.3) is 0 Å². The summed E-state index contributed by atoms with van der Waals surface area (Å²) in [5.74, 6) is 0. The molecule has 2 rings (SSSR count). The molecule has 0 heterocycles. The molecule has 112 valence electrons. The minimum atomic E-state index is 0.0687. The van der Waals surface area contributed by atoms with E-state index in [2.05, 4.69) is 59.9 Å². The Kier molecular flexibility index (Phi) is 4.80. The number of benzene rings is 1. The van der Waals surface area contributed by atoms with Gasteiger partial charge in [0.15, 0.2) is 0 Å². The van der Waals surface area contributed by atoms with E-state index in [0.29, 0.717) is 11.5 Å². The highest BCUT2D eigenvalue weighted by molar-refractivity contribution is 9.10. The summed E-state index contributed by atoms with van der Waals surface area (Å²) in [6.07, 6.45) is 5.22. The summed E-state index contributed by atoms with van der Waals surface area (Å²) in [5.41, 5.74) is 8.95. The lowest BCUT2D eigenvalue weighted by Gasteiger charge is -2.39. The van der Waals surface area contributed by atoms with Crippen molar-refractivity contribution in [2.45, 2.75) is 58.5 Å². The van der Waals surface area contributed by atoms with Gasteiger partial charge >= 0.3 is 0 Å². The maximum Gasteiger partial charge on any atom is 0.0377 e. The van der Waals surface area contributed by atoms with Gasteiger partial charge < -0.3 is 10.6 Å². The average Bonchev–Trinajstić information content (AvgIpc) is 2.37. The van der Waals surface area contributed by atoms with Gasteiger partial charge in [0.2, 0.25) is 0 Å².